The quantitative estimate of drug-likeness (QED) is 0.587. The molecule has 0 saturated carbocycles. The van der Waals surface area contributed by atoms with Gasteiger partial charge in [-0.05, 0) is 24.9 Å². The second-order valence-corrected chi connectivity index (χ2v) is 4.56. The van der Waals surface area contributed by atoms with Crippen LogP contribution in [0.3, 0.4) is 0 Å². The molecule has 1 aromatic carbocycles. The third-order valence-corrected chi connectivity index (χ3v) is 3.07. The molecule has 0 spiro atoms. The van der Waals surface area contributed by atoms with Crippen molar-refractivity contribution in [3.8, 4) is 6.07 Å². The lowest BCUT2D eigenvalue weighted by molar-refractivity contribution is 0.823. The highest BCUT2D eigenvalue weighted by Crippen LogP contribution is 2.27. The highest BCUT2D eigenvalue weighted by atomic mass is 32.2. The Kier molecular flexibility index (Phi) is 5.76. The van der Waals surface area contributed by atoms with Gasteiger partial charge in [-0.1, -0.05) is 13.0 Å². The molecule has 0 bridgehead atoms. The number of nitrogens with one attached hydrogen (secondary N) is 2. The van der Waals surface area contributed by atoms with Crippen LogP contribution in [0.2, 0.25) is 0 Å². The fraction of sp³-hybridized carbons (Fsp3) is 0.417. The lowest BCUT2D eigenvalue weighted by Gasteiger charge is -2.10. The molecule has 4 heteroatoms. The van der Waals surface area contributed by atoms with Gasteiger partial charge in [0.2, 0.25) is 0 Å². The fourth-order valence-corrected chi connectivity index (χ4v) is 2.18. The normalized spacial score (nSPS) is 9.81. The van der Waals surface area contributed by atoms with Crippen molar-refractivity contribution >= 4 is 17.4 Å². The number of benzene rings is 1. The minimum Gasteiger partial charge on any atom is -0.383 e. The molecule has 1 rings (SSSR count). The Morgan fingerprint density at radius 3 is 2.81 bits per heavy atom. The summed E-state index contributed by atoms with van der Waals surface area (Å²) in [6, 6.07) is 8.21. The molecule has 0 fully saturated rings. The predicted molar refractivity (Wildman–Crippen MR) is 70.0 cm³/mol. The van der Waals surface area contributed by atoms with E-state index in [0.717, 1.165) is 35.0 Å². The zero-order chi connectivity index (χ0) is 11.8. The van der Waals surface area contributed by atoms with Crippen molar-refractivity contribution in [3.63, 3.8) is 0 Å². The average Bonchev–Trinajstić information content (AvgIpc) is 2.30. The van der Waals surface area contributed by atoms with E-state index in [1.807, 2.05) is 25.2 Å². The minimum absolute atomic E-state index is 0.755. The summed E-state index contributed by atoms with van der Waals surface area (Å²) in [5.74, 6) is 0.981. The first-order chi connectivity index (χ1) is 7.83. The second-order valence-electron chi connectivity index (χ2n) is 3.25. The molecule has 0 aliphatic heterocycles. The second kappa shape index (κ2) is 7.15. The Morgan fingerprint density at radius 2 is 2.19 bits per heavy atom. The summed E-state index contributed by atoms with van der Waals surface area (Å²) in [6.45, 7) is 3.80. The lowest BCUT2D eigenvalue weighted by atomic mass is 10.2. The van der Waals surface area contributed by atoms with Crippen LogP contribution < -0.4 is 10.6 Å². The number of likely N-dealkylation sites (N-methyl/N-ethyl adjacent to an activating group) is 1. The molecule has 0 heterocycles. The maximum absolute atomic E-state index is 9.16. The van der Waals surface area contributed by atoms with E-state index in [1.165, 1.54) is 0 Å². The maximum Gasteiger partial charge on any atom is 0.102 e. The number of hydrogen-bond donors (Lipinski definition) is 2. The highest BCUT2D eigenvalue weighted by Gasteiger charge is 2.06. The van der Waals surface area contributed by atoms with Crippen molar-refractivity contribution in [2.75, 3.05) is 31.2 Å². The molecule has 86 valence electrons. The molecule has 2 N–H and O–H groups in total. The number of rotatable bonds is 6. The Morgan fingerprint density at radius 1 is 1.38 bits per heavy atom. The third-order valence-electron chi connectivity index (χ3n) is 2.13. The fourth-order valence-electron chi connectivity index (χ4n) is 1.39. The molecular weight excluding hydrogens is 218 g/mol. The summed E-state index contributed by atoms with van der Waals surface area (Å²) in [6.07, 6.45) is 0. The van der Waals surface area contributed by atoms with Gasteiger partial charge in [-0.2, -0.15) is 5.26 Å². The Balaban J connectivity index is 2.83. The molecule has 0 amide bonds. The van der Waals surface area contributed by atoms with Crippen molar-refractivity contribution < 1.29 is 0 Å². The van der Waals surface area contributed by atoms with Crippen molar-refractivity contribution in [2.24, 2.45) is 0 Å². The van der Waals surface area contributed by atoms with Crippen LogP contribution in [-0.4, -0.2) is 25.9 Å². The van der Waals surface area contributed by atoms with E-state index >= 15 is 0 Å². The summed E-state index contributed by atoms with van der Waals surface area (Å²) in [5, 5.41) is 15.5. The molecule has 16 heavy (non-hydrogen) atoms. The summed E-state index contributed by atoms with van der Waals surface area (Å²) >= 11 is 1.70. The summed E-state index contributed by atoms with van der Waals surface area (Å²) < 4.78 is 0. The molecule has 0 saturated heterocycles. The van der Waals surface area contributed by atoms with Gasteiger partial charge in [0.05, 0.1) is 11.3 Å². The van der Waals surface area contributed by atoms with Gasteiger partial charge in [0.25, 0.3) is 0 Å². The standard InChI is InChI=1S/C12H17N3S/c1-3-16-12-6-4-5-11(10(12)9-13)15-8-7-14-2/h4-6,14-15H,3,7-8H2,1-2H3. The topological polar surface area (TPSA) is 47.8 Å². The summed E-state index contributed by atoms with van der Waals surface area (Å²) in [4.78, 5) is 1.06. The number of anilines is 1. The van der Waals surface area contributed by atoms with Crippen LogP contribution in [0, 0.1) is 11.3 Å². The first-order valence-electron chi connectivity index (χ1n) is 5.37. The predicted octanol–water partition coefficient (Wildman–Crippen LogP) is 2.30. The van der Waals surface area contributed by atoms with Crippen molar-refractivity contribution in [3.05, 3.63) is 23.8 Å². The van der Waals surface area contributed by atoms with Gasteiger partial charge >= 0.3 is 0 Å². The van der Waals surface area contributed by atoms with Crippen LogP contribution in [0.25, 0.3) is 0 Å². The van der Waals surface area contributed by atoms with Gasteiger partial charge in [0.1, 0.15) is 6.07 Å². The maximum atomic E-state index is 9.16. The zero-order valence-corrected chi connectivity index (χ0v) is 10.5. The lowest BCUT2D eigenvalue weighted by Crippen LogP contribution is -2.18. The first kappa shape index (κ1) is 12.9. The van der Waals surface area contributed by atoms with E-state index in [4.69, 9.17) is 5.26 Å². The van der Waals surface area contributed by atoms with E-state index in [1.54, 1.807) is 11.8 Å². The van der Waals surface area contributed by atoms with Crippen LogP contribution in [-0.2, 0) is 0 Å². The largest absolute Gasteiger partial charge is 0.383 e. The van der Waals surface area contributed by atoms with E-state index < -0.39 is 0 Å². The van der Waals surface area contributed by atoms with E-state index in [0.29, 0.717) is 0 Å². The number of hydrogen-bond acceptors (Lipinski definition) is 4. The Labute approximate surface area is 101 Å². The van der Waals surface area contributed by atoms with Crippen LogP contribution in [0.15, 0.2) is 23.1 Å². The van der Waals surface area contributed by atoms with E-state index in [-0.39, 0.29) is 0 Å². The van der Waals surface area contributed by atoms with Crippen LogP contribution >= 0.6 is 11.8 Å². The third kappa shape index (κ3) is 3.44. The van der Waals surface area contributed by atoms with Crippen LogP contribution in [0.4, 0.5) is 5.69 Å². The molecule has 0 unspecified atom stereocenters. The minimum atomic E-state index is 0.755. The van der Waals surface area contributed by atoms with Gasteiger partial charge in [-0.3, -0.25) is 0 Å². The van der Waals surface area contributed by atoms with E-state index in [2.05, 4.69) is 23.6 Å². The Bertz CT molecular complexity index is 371. The summed E-state index contributed by atoms with van der Waals surface area (Å²) in [7, 11) is 1.91. The van der Waals surface area contributed by atoms with Crippen LogP contribution in [0.1, 0.15) is 12.5 Å². The van der Waals surface area contributed by atoms with Crippen molar-refractivity contribution in [1.29, 1.82) is 5.26 Å². The number of nitriles is 1. The zero-order valence-electron chi connectivity index (χ0n) is 9.71. The van der Waals surface area contributed by atoms with Crippen molar-refractivity contribution in [2.45, 2.75) is 11.8 Å². The molecule has 0 aromatic heterocycles. The molecule has 0 radical (unpaired) electrons. The van der Waals surface area contributed by atoms with Gasteiger partial charge < -0.3 is 10.6 Å². The molecule has 1 aromatic rings. The van der Waals surface area contributed by atoms with Gasteiger partial charge in [0.15, 0.2) is 0 Å². The Hall–Kier alpha value is -1.18. The van der Waals surface area contributed by atoms with Crippen molar-refractivity contribution in [1.82, 2.24) is 5.32 Å². The smallest absolute Gasteiger partial charge is 0.102 e. The average molecular weight is 235 g/mol. The summed E-state index contributed by atoms with van der Waals surface area (Å²) in [5.41, 5.74) is 1.68. The monoisotopic (exact) mass is 235 g/mol. The molecule has 0 atom stereocenters. The van der Waals surface area contributed by atoms with Gasteiger partial charge in [-0.15, -0.1) is 11.8 Å². The first-order valence-corrected chi connectivity index (χ1v) is 6.36. The van der Waals surface area contributed by atoms with Gasteiger partial charge in [-0.25, -0.2) is 0 Å². The number of thioether (sulfide) groups is 1. The molecule has 3 nitrogen and oxygen atoms in total. The molecular formula is C12H17N3S. The van der Waals surface area contributed by atoms with E-state index in [9.17, 15) is 0 Å². The molecule has 0 aliphatic rings. The van der Waals surface area contributed by atoms with Crippen LogP contribution in [0.5, 0.6) is 0 Å². The highest BCUT2D eigenvalue weighted by molar-refractivity contribution is 7.99. The molecule has 0 aliphatic carbocycles. The number of nitrogens with zero attached hydrogens (tertiary/aromatic N) is 1. The SMILES string of the molecule is CCSc1cccc(NCCNC)c1C#N. The van der Waals surface area contributed by atoms with Gasteiger partial charge in [0, 0.05) is 18.0 Å².